The van der Waals surface area contributed by atoms with Crippen molar-refractivity contribution in [2.45, 2.75) is 12.6 Å². The molecule has 1 saturated heterocycles. The number of aliphatic hydroxyl groups excluding tert-OH is 1. The molecule has 2 aromatic rings. The highest BCUT2D eigenvalue weighted by Crippen LogP contribution is 2.25. The maximum atomic E-state index is 12.0. The van der Waals surface area contributed by atoms with Crippen LogP contribution < -0.4 is 0 Å². The predicted octanol–water partition coefficient (Wildman–Crippen LogP) is 0.930. The van der Waals surface area contributed by atoms with Crippen molar-refractivity contribution >= 4 is 27.3 Å². The van der Waals surface area contributed by atoms with Gasteiger partial charge in [0.1, 0.15) is 5.75 Å². The lowest BCUT2D eigenvalue weighted by Gasteiger charge is -2.18. The van der Waals surface area contributed by atoms with E-state index in [0.717, 1.165) is 16.3 Å². The van der Waals surface area contributed by atoms with E-state index in [4.69, 9.17) is 9.90 Å². The van der Waals surface area contributed by atoms with E-state index in [2.05, 4.69) is 11.0 Å². The summed E-state index contributed by atoms with van der Waals surface area (Å²) in [6.45, 7) is 1.44. The zero-order valence-electron chi connectivity index (χ0n) is 15.9. The van der Waals surface area contributed by atoms with Crippen LogP contribution in [-0.2, 0) is 21.4 Å². The molecule has 1 aliphatic rings. The molecule has 154 valence electrons. The van der Waals surface area contributed by atoms with Crippen molar-refractivity contribution in [2.24, 2.45) is 5.92 Å². The van der Waals surface area contributed by atoms with Gasteiger partial charge in [0.2, 0.25) is 10.0 Å². The first kappa shape index (κ1) is 22.1. The van der Waals surface area contributed by atoms with Crippen LogP contribution in [0.1, 0.15) is 5.56 Å². The van der Waals surface area contributed by atoms with Crippen LogP contribution in [0.5, 0.6) is 5.75 Å². The van der Waals surface area contributed by atoms with Crippen LogP contribution >= 0.6 is 0 Å². The summed E-state index contributed by atoms with van der Waals surface area (Å²) in [7, 11) is -0.290. The van der Waals surface area contributed by atoms with E-state index in [9.17, 15) is 18.6 Å². The van der Waals surface area contributed by atoms with Crippen LogP contribution in [0.15, 0.2) is 36.4 Å². The fourth-order valence-corrected chi connectivity index (χ4v) is 4.46. The third kappa shape index (κ3) is 5.65. The van der Waals surface area contributed by atoms with Gasteiger partial charge in [-0.25, -0.2) is 12.7 Å². The Labute approximate surface area is 164 Å². The molecule has 3 N–H and O–H groups in total. The standard InChI is InChI=1S/C18H24N2O4S.CH2O2/c1-19(2)25(23,24)12-16-10-20(11-18(16)22)9-13-3-4-15-8-17(21)6-5-14(15)7-13;2-1-3/h3-8,16,18,21-22H,9-12H2,1-2H3;1H,(H,2,3)/t16-,18+;/m0./s1. The Bertz CT molecular complexity index is 916. The van der Waals surface area contributed by atoms with Crippen molar-refractivity contribution < 1.29 is 28.5 Å². The van der Waals surface area contributed by atoms with Gasteiger partial charge in [-0.1, -0.05) is 18.2 Å². The Balaban J connectivity index is 0.000000878. The molecule has 0 amide bonds. The number of rotatable bonds is 5. The van der Waals surface area contributed by atoms with E-state index >= 15 is 0 Å². The van der Waals surface area contributed by atoms with E-state index in [1.165, 1.54) is 18.4 Å². The highest BCUT2D eigenvalue weighted by atomic mass is 32.2. The molecule has 1 aliphatic heterocycles. The van der Waals surface area contributed by atoms with Crippen molar-refractivity contribution in [3.63, 3.8) is 0 Å². The number of phenols is 1. The minimum absolute atomic E-state index is 0.0331. The summed E-state index contributed by atoms with van der Waals surface area (Å²) in [6, 6.07) is 11.3. The number of fused-ring (bicyclic) bond motifs is 1. The number of carbonyl (C=O) groups is 1. The Morgan fingerprint density at radius 3 is 2.39 bits per heavy atom. The van der Waals surface area contributed by atoms with Gasteiger partial charge in [-0.3, -0.25) is 9.69 Å². The summed E-state index contributed by atoms with van der Waals surface area (Å²) < 4.78 is 25.3. The molecule has 0 radical (unpaired) electrons. The first-order valence-corrected chi connectivity index (χ1v) is 10.4. The molecule has 0 spiro atoms. The molecule has 0 bridgehead atoms. The highest BCUT2D eigenvalue weighted by molar-refractivity contribution is 7.89. The third-order valence-electron chi connectivity index (χ3n) is 4.76. The maximum absolute atomic E-state index is 12.0. The number of sulfonamides is 1. The van der Waals surface area contributed by atoms with Crippen molar-refractivity contribution in [3.8, 4) is 5.75 Å². The van der Waals surface area contributed by atoms with Crippen molar-refractivity contribution in [2.75, 3.05) is 32.9 Å². The first-order valence-electron chi connectivity index (χ1n) is 8.76. The lowest BCUT2D eigenvalue weighted by atomic mass is 10.1. The Hall–Kier alpha value is -2.20. The van der Waals surface area contributed by atoms with Crippen LogP contribution in [0.3, 0.4) is 0 Å². The van der Waals surface area contributed by atoms with Gasteiger partial charge in [-0.15, -0.1) is 0 Å². The zero-order chi connectivity index (χ0) is 20.9. The second kappa shape index (κ2) is 9.33. The Morgan fingerprint density at radius 2 is 1.75 bits per heavy atom. The molecule has 2 aromatic carbocycles. The lowest BCUT2D eigenvalue weighted by molar-refractivity contribution is -0.122. The Kier molecular flexibility index (Phi) is 7.36. The van der Waals surface area contributed by atoms with E-state index in [1.54, 1.807) is 12.1 Å². The van der Waals surface area contributed by atoms with Crippen LogP contribution in [0.4, 0.5) is 0 Å². The molecule has 1 fully saturated rings. The fourth-order valence-electron chi connectivity index (χ4n) is 3.29. The summed E-state index contributed by atoms with van der Waals surface area (Å²) in [5.41, 5.74) is 1.10. The van der Waals surface area contributed by atoms with Gasteiger partial charge in [-0.2, -0.15) is 0 Å². The number of likely N-dealkylation sites (tertiary alicyclic amines) is 1. The maximum Gasteiger partial charge on any atom is 0.290 e. The van der Waals surface area contributed by atoms with Crippen LogP contribution in [0.25, 0.3) is 10.8 Å². The number of phenolic OH excluding ortho intramolecular Hbond substituents is 1. The number of aromatic hydroxyl groups is 1. The molecule has 0 saturated carbocycles. The smallest absolute Gasteiger partial charge is 0.290 e. The number of hydrogen-bond donors (Lipinski definition) is 3. The minimum atomic E-state index is -3.32. The summed E-state index contributed by atoms with van der Waals surface area (Å²) in [5, 5.41) is 28.7. The molecule has 0 aliphatic carbocycles. The molecular weight excluding hydrogens is 384 g/mol. The normalized spacial score (nSPS) is 20.1. The average molecular weight is 410 g/mol. The van der Waals surface area contributed by atoms with Gasteiger partial charge < -0.3 is 15.3 Å². The number of aliphatic hydroxyl groups is 1. The number of carboxylic acid groups (broad SMARTS) is 1. The summed E-state index contributed by atoms with van der Waals surface area (Å²) >= 11 is 0. The Morgan fingerprint density at radius 1 is 1.14 bits per heavy atom. The van der Waals surface area contributed by atoms with Crippen LogP contribution in [0.2, 0.25) is 0 Å². The topological polar surface area (TPSA) is 118 Å². The summed E-state index contributed by atoms with van der Waals surface area (Å²) in [4.78, 5) is 10.4. The quantitative estimate of drug-likeness (QED) is 0.628. The third-order valence-corrected chi connectivity index (χ3v) is 6.72. The molecule has 2 atom stereocenters. The predicted molar refractivity (Wildman–Crippen MR) is 107 cm³/mol. The highest BCUT2D eigenvalue weighted by Gasteiger charge is 2.35. The van der Waals surface area contributed by atoms with Gasteiger partial charge in [0.15, 0.2) is 0 Å². The molecule has 0 unspecified atom stereocenters. The van der Waals surface area contributed by atoms with Gasteiger partial charge >= 0.3 is 0 Å². The molecule has 1 heterocycles. The second-order valence-electron chi connectivity index (χ2n) is 7.05. The molecule has 0 aromatic heterocycles. The number of nitrogens with zero attached hydrogens (tertiary/aromatic N) is 2. The van der Waals surface area contributed by atoms with Gasteiger partial charge in [0, 0.05) is 39.6 Å². The van der Waals surface area contributed by atoms with Crippen molar-refractivity contribution in [1.82, 2.24) is 9.21 Å². The van der Waals surface area contributed by atoms with E-state index in [-0.39, 0.29) is 23.9 Å². The van der Waals surface area contributed by atoms with Crippen LogP contribution in [-0.4, -0.2) is 78.5 Å². The number of β-amino-alcohol motifs (C(OH)–C–C–N with tert-alkyl or cyclic N) is 1. The largest absolute Gasteiger partial charge is 0.508 e. The lowest BCUT2D eigenvalue weighted by Crippen LogP contribution is -2.33. The van der Waals surface area contributed by atoms with E-state index in [0.29, 0.717) is 19.6 Å². The molecule has 8 nitrogen and oxygen atoms in total. The number of hydrogen-bond acceptors (Lipinski definition) is 6. The average Bonchev–Trinajstić information content (AvgIpc) is 2.94. The molecular formula is C19H26N2O6S. The van der Waals surface area contributed by atoms with E-state index in [1.807, 2.05) is 18.2 Å². The van der Waals surface area contributed by atoms with Gasteiger partial charge in [0.25, 0.3) is 6.47 Å². The SMILES string of the molecule is CN(C)S(=O)(=O)C[C@@H]1CN(Cc2ccc3cc(O)ccc3c2)C[C@H]1O.O=CO. The minimum Gasteiger partial charge on any atom is -0.508 e. The molecule has 3 rings (SSSR count). The van der Waals surface area contributed by atoms with Gasteiger partial charge in [-0.05, 0) is 34.5 Å². The summed E-state index contributed by atoms with van der Waals surface area (Å²) in [6.07, 6.45) is -0.632. The zero-order valence-corrected chi connectivity index (χ0v) is 16.7. The molecule has 9 heteroatoms. The first-order chi connectivity index (χ1) is 13.2. The monoisotopic (exact) mass is 410 g/mol. The van der Waals surface area contributed by atoms with Crippen molar-refractivity contribution in [3.05, 3.63) is 42.0 Å². The number of benzene rings is 2. The van der Waals surface area contributed by atoms with Crippen LogP contribution in [0, 0.1) is 5.92 Å². The fraction of sp³-hybridized carbons (Fsp3) is 0.421. The molecule has 28 heavy (non-hydrogen) atoms. The van der Waals surface area contributed by atoms with Crippen molar-refractivity contribution in [1.29, 1.82) is 0 Å². The second-order valence-corrected chi connectivity index (χ2v) is 9.28. The van der Waals surface area contributed by atoms with Gasteiger partial charge in [0.05, 0.1) is 11.9 Å². The van der Waals surface area contributed by atoms with E-state index < -0.39 is 16.1 Å². The summed E-state index contributed by atoms with van der Waals surface area (Å²) in [5.74, 6) is -0.0630.